The second-order valence-corrected chi connectivity index (χ2v) is 3.25. The predicted octanol–water partition coefficient (Wildman–Crippen LogP) is 2.44. The number of ether oxygens (including phenoxy) is 1. The first-order valence-electron chi connectivity index (χ1n) is 5.96. The summed E-state index contributed by atoms with van der Waals surface area (Å²) in [7, 11) is 0. The lowest BCUT2D eigenvalue weighted by Gasteiger charge is -2.08. The zero-order chi connectivity index (χ0) is 12.4. The molecule has 0 aliphatic carbocycles. The number of esters is 1. The van der Waals surface area contributed by atoms with Gasteiger partial charge in [0.15, 0.2) is 0 Å². The molecule has 16 heavy (non-hydrogen) atoms. The fraction of sp³-hybridized carbons (Fsp3) is 0.615. The number of hydrogen-bond acceptors (Lipinski definition) is 3. The van der Waals surface area contributed by atoms with E-state index in [2.05, 4.69) is 5.32 Å². The van der Waals surface area contributed by atoms with E-state index in [4.69, 9.17) is 4.74 Å². The SMILES string of the molecule is C/C=C\C(=C/C)CNC1CCOC1=O.CC. The molecule has 1 saturated heterocycles. The van der Waals surface area contributed by atoms with Crippen LogP contribution in [0.25, 0.3) is 0 Å². The van der Waals surface area contributed by atoms with Gasteiger partial charge in [-0.25, -0.2) is 0 Å². The molecule has 0 saturated carbocycles. The number of cyclic esters (lactones) is 1. The highest BCUT2D eigenvalue weighted by atomic mass is 16.5. The zero-order valence-corrected chi connectivity index (χ0v) is 10.7. The minimum atomic E-state index is -0.124. The second-order valence-electron chi connectivity index (χ2n) is 3.25. The van der Waals surface area contributed by atoms with Crippen molar-refractivity contribution in [2.45, 2.75) is 40.2 Å². The van der Waals surface area contributed by atoms with Crippen LogP contribution in [0.4, 0.5) is 0 Å². The minimum absolute atomic E-state index is 0.116. The van der Waals surface area contributed by atoms with E-state index in [9.17, 15) is 4.79 Å². The lowest BCUT2D eigenvalue weighted by Crippen LogP contribution is -2.34. The summed E-state index contributed by atoms with van der Waals surface area (Å²) in [4.78, 5) is 11.1. The second kappa shape index (κ2) is 9.16. The van der Waals surface area contributed by atoms with Crippen molar-refractivity contribution in [3.8, 4) is 0 Å². The number of hydrogen-bond donors (Lipinski definition) is 1. The summed E-state index contributed by atoms with van der Waals surface area (Å²) >= 11 is 0. The number of rotatable bonds is 4. The van der Waals surface area contributed by atoms with E-state index in [0.29, 0.717) is 6.61 Å². The Morgan fingerprint density at radius 3 is 2.62 bits per heavy atom. The summed E-state index contributed by atoms with van der Waals surface area (Å²) < 4.78 is 4.85. The highest BCUT2D eigenvalue weighted by molar-refractivity contribution is 5.77. The number of allylic oxidation sites excluding steroid dienone is 2. The van der Waals surface area contributed by atoms with Gasteiger partial charge < -0.3 is 10.1 Å². The molecule has 0 aromatic heterocycles. The van der Waals surface area contributed by atoms with Crippen LogP contribution in [0.1, 0.15) is 34.1 Å². The Balaban J connectivity index is 0.00000106. The van der Waals surface area contributed by atoms with E-state index in [1.54, 1.807) is 0 Å². The van der Waals surface area contributed by atoms with Gasteiger partial charge in [0.1, 0.15) is 6.04 Å². The summed E-state index contributed by atoms with van der Waals surface area (Å²) in [6.07, 6.45) is 6.84. The molecule has 92 valence electrons. The van der Waals surface area contributed by atoms with E-state index in [-0.39, 0.29) is 12.0 Å². The lowest BCUT2D eigenvalue weighted by atomic mass is 10.2. The molecule has 0 aromatic carbocycles. The largest absolute Gasteiger partial charge is 0.464 e. The van der Waals surface area contributed by atoms with E-state index in [1.165, 1.54) is 5.57 Å². The van der Waals surface area contributed by atoms with E-state index >= 15 is 0 Å². The van der Waals surface area contributed by atoms with Crippen LogP contribution in [0.3, 0.4) is 0 Å². The van der Waals surface area contributed by atoms with Crippen molar-refractivity contribution in [3.05, 3.63) is 23.8 Å². The number of carbonyl (C=O) groups excluding carboxylic acids is 1. The maximum atomic E-state index is 11.1. The van der Waals surface area contributed by atoms with Gasteiger partial charge in [-0.1, -0.05) is 32.1 Å². The average Bonchev–Trinajstić information content (AvgIpc) is 2.73. The number of nitrogens with one attached hydrogen (secondary N) is 1. The van der Waals surface area contributed by atoms with Gasteiger partial charge in [0.25, 0.3) is 0 Å². The van der Waals surface area contributed by atoms with Crippen molar-refractivity contribution < 1.29 is 9.53 Å². The monoisotopic (exact) mass is 225 g/mol. The van der Waals surface area contributed by atoms with Crippen LogP contribution >= 0.6 is 0 Å². The quantitative estimate of drug-likeness (QED) is 0.590. The predicted molar refractivity (Wildman–Crippen MR) is 67.3 cm³/mol. The van der Waals surface area contributed by atoms with Crippen LogP contribution in [-0.4, -0.2) is 25.2 Å². The van der Waals surface area contributed by atoms with Gasteiger partial charge in [-0.2, -0.15) is 0 Å². The third kappa shape index (κ3) is 5.12. The fourth-order valence-corrected chi connectivity index (χ4v) is 1.39. The Morgan fingerprint density at radius 1 is 1.50 bits per heavy atom. The Hall–Kier alpha value is -1.09. The molecule has 0 bridgehead atoms. The molecule has 0 aromatic rings. The van der Waals surface area contributed by atoms with E-state index in [0.717, 1.165) is 13.0 Å². The van der Waals surface area contributed by atoms with Gasteiger partial charge >= 0.3 is 5.97 Å². The van der Waals surface area contributed by atoms with Crippen LogP contribution < -0.4 is 5.32 Å². The minimum Gasteiger partial charge on any atom is -0.464 e. The molecule has 1 rings (SSSR count). The third-order valence-electron chi connectivity index (χ3n) is 2.24. The van der Waals surface area contributed by atoms with Crippen molar-refractivity contribution in [3.63, 3.8) is 0 Å². The average molecular weight is 225 g/mol. The molecule has 1 heterocycles. The van der Waals surface area contributed by atoms with Crippen molar-refractivity contribution in [1.29, 1.82) is 0 Å². The highest BCUT2D eigenvalue weighted by Crippen LogP contribution is 2.06. The molecule has 1 N–H and O–H groups in total. The fourth-order valence-electron chi connectivity index (χ4n) is 1.39. The molecule has 3 heteroatoms. The van der Waals surface area contributed by atoms with Crippen molar-refractivity contribution in [1.82, 2.24) is 5.32 Å². The van der Waals surface area contributed by atoms with Crippen molar-refractivity contribution >= 4 is 5.97 Å². The van der Waals surface area contributed by atoms with Crippen LogP contribution in [0, 0.1) is 0 Å². The van der Waals surface area contributed by atoms with Gasteiger partial charge in [0.2, 0.25) is 0 Å². The molecule has 3 nitrogen and oxygen atoms in total. The van der Waals surface area contributed by atoms with Crippen LogP contribution in [0.5, 0.6) is 0 Å². The molecule has 1 unspecified atom stereocenters. The summed E-state index contributed by atoms with van der Waals surface area (Å²) in [5.41, 5.74) is 1.19. The maximum Gasteiger partial charge on any atom is 0.323 e. The maximum absolute atomic E-state index is 11.1. The summed E-state index contributed by atoms with van der Waals surface area (Å²) in [5.74, 6) is -0.124. The lowest BCUT2D eigenvalue weighted by molar-refractivity contribution is -0.139. The van der Waals surface area contributed by atoms with Gasteiger partial charge in [0, 0.05) is 13.0 Å². The topological polar surface area (TPSA) is 38.3 Å². The third-order valence-corrected chi connectivity index (χ3v) is 2.24. The normalized spacial score (nSPS) is 20.6. The van der Waals surface area contributed by atoms with Crippen molar-refractivity contribution in [2.75, 3.05) is 13.2 Å². The smallest absolute Gasteiger partial charge is 0.323 e. The Labute approximate surface area is 98.6 Å². The summed E-state index contributed by atoms with van der Waals surface area (Å²) in [6.45, 7) is 9.24. The van der Waals surface area contributed by atoms with Gasteiger partial charge in [0.05, 0.1) is 6.61 Å². The zero-order valence-electron chi connectivity index (χ0n) is 10.7. The van der Waals surface area contributed by atoms with Gasteiger partial charge in [-0.05, 0) is 19.4 Å². The van der Waals surface area contributed by atoms with Gasteiger partial charge in [-0.3, -0.25) is 4.79 Å². The first kappa shape index (κ1) is 14.9. The molecular weight excluding hydrogens is 202 g/mol. The van der Waals surface area contributed by atoms with Crippen molar-refractivity contribution in [2.24, 2.45) is 0 Å². The molecule has 1 aliphatic heterocycles. The Morgan fingerprint density at radius 2 is 2.19 bits per heavy atom. The number of carbonyl (C=O) groups is 1. The standard InChI is InChI=1S/C11H17NO2.C2H6/c1-3-5-9(4-2)8-12-10-6-7-14-11(10)13;1-2/h3-5,10,12H,6-8H2,1-2H3;1-2H3/b5-3-,9-4+;. The molecule has 0 spiro atoms. The summed E-state index contributed by atoms with van der Waals surface area (Å²) in [6, 6.07) is -0.116. The molecule has 1 atom stereocenters. The first-order valence-corrected chi connectivity index (χ1v) is 5.96. The molecular formula is C13H23NO2. The van der Waals surface area contributed by atoms with Gasteiger partial charge in [-0.15, -0.1) is 0 Å². The Kier molecular flexibility index (Phi) is 8.53. The van der Waals surface area contributed by atoms with E-state index < -0.39 is 0 Å². The molecule has 0 radical (unpaired) electrons. The van der Waals surface area contributed by atoms with Crippen LogP contribution in [-0.2, 0) is 9.53 Å². The highest BCUT2D eigenvalue weighted by Gasteiger charge is 2.25. The van der Waals surface area contributed by atoms with E-state index in [1.807, 2.05) is 45.9 Å². The van der Waals surface area contributed by atoms with Crippen LogP contribution in [0.15, 0.2) is 23.8 Å². The molecule has 1 aliphatic rings. The summed E-state index contributed by atoms with van der Waals surface area (Å²) in [5, 5.41) is 3.17. The van der Waals surface area contributed by atoms with Crippen LogP contribution in [0.2, 0.25) is 0 Å². The molecule has 0 amide bonds. The molecule has 1 fully saturated rings. The Bertz CT molecular complexity index is 257. The first-order chi connectivity index (χ1) is 7.77.